The van der Waals surface area contributed by atoms with Gasteiger partial charge in [0, 0.05) is 12.8 Å². The third kappa shape index (κ3) is 5.12. The monoisotopic (exact) mass is 386 g/mol. The molecule has 3 rings (SSSR count). The summed E-state index contributed by atoms with van der Waals surface area (Å²) in [6.45, 7) is 4.80. The molecule has 0 spiro atoms. The molecule has 1 N–H and O–H groups in total. The summed E-state index contributed by atoms with van der Waals surface area (Å²) in [6, 6.07) is 10.2. The van der Waals surface area contributed by atoms with Crippen LogP contribution in [0.3, 0.4) is 0 Å². The van der Waals surface area contributed by atoms with Crippen LogP contribution in [0.4, 0.5) is 0 Å². The highest BCUT2D eigenvalue weighted by molar-refractivity contribution is 7.99. The van der Waals surface area contributed by atoms with E-state index in [1.807, 2.05) is 29.8 Å². The second kappa shape index (κ2) is 9.40. The quantitative estimate of drug-likeness (QED) is 0.692. The lowest BCUT2D eigenvalue weighted by Crippen LogP contribution is -2.33. The maximum absolute atomic E-state index is 13.1. The molecule has 6 heteroatoms. The molecule has 1 aromatic heterocycles. The average molecular weight is 387 g/mol. The van der Waals surface area contributed by atoms with Crippen LogP contribution in [0.5, 0.6) is 0 Å². The lowest BCUT2D eigenvalue weighted by Gasteiger charge is -2.23. The fraction of sp³-hybridized carbons (Fsp3) is 0.571. The maximum atomic E-state index is 13.1. The van der Waals surface area contributed by atoms with Crippen molar-refractivity contribution in [1.82, 2.24) is 20.1 Å². The first-order valence-electron chi connectivity index (χ1n) is 9.90. The van der Waals surface area contributed by atoms with E-state index < -0.39 is 0 Å². The van der Waals surface area contributed by atoms with E-state index in [9.17, 15) is 4.79 Å². The standard InChI is InChI=1S/C21H30N4OS/c1-15(2)14-27-21-24-23-18(25(21)3)13-22-20(26)19(17-11-7-8-12-17)16-9-5-4-6-10-16/h4-6,9-10,15,17,19H,7-8,11-14H2,1-3H3,(H,22,26)/t19-/m0/s1. The van der Waals surface area contributed by atoms with Gasteiger partial charge in [-0.3, -0.25) is 4.79 Å². The molecule has 146 valence electrons. The molecule has 1 aliphatic carbocycles. The summed E-state index contributed by atoms with van der Waals surface area (Å²) in [4.78, 5) is 13.1. The van der Waals surface area contributed by atoms with Crippen LogP contribution in [0, 0.1) is 11.8 Å². The second-order valence-electron chi connectivity index (χ2n) is 7.81. The first-order valence-corrected chi connectivity index (χ1v) is 10.9. The minimum Gasteiger partial charge on any atom is -0.348 e. The Morgan fingerprint density at radius 1 is 1.22 bits per heavy atom. The van der Waals surface area contributed by atoms with Gasteiger partial charge in [0.2, 0.25) is 5.91 Å². The van der Waals surface area contributed by atoms with Crippen molar-refractivity contribution in [2.24, 2.45) is 18.9 Å². The van der Waals surface area contributed by atoms with Crippen molar-refractivity contribution in [3.8, 4) is 0 Å². The van der Waals surface area contributed by atoms with Gasteiger partial charge < -0.3 is 9.88 Å². The number of amides is 1. The molecular formula is C21H30N4OS. The summed E-state index contributed by atoms with van der Waals surface area (Å²) >= 11 is 1.71. The molecule has 0 bridgehead atoms. The minimum atomic E-state index is -0.0725. The van der Waals surface area contributed by atoms with Crippen molar-refractivity contribution in [1.29, 1.82) is 0 Å². The Kier molecular flexibility index (Phi) is 6.94. The van der Waals surface area contributed by atoms with Crippen LogP contribution in [-0.2, 0) is 18.4 Å². The predicted octanol–water partition coefficient (Wildman–Crippen LogP) is 4.15. The molecule has 2 aromatic rings. The predicted molar refractivity (Wildman–Crippen MR) is 110 cm³/mol. The number of hydrogen-bond acceptors (Lipinski definition) is 4. The van der Waals surface area contributed by atoms with Crippen LogP contribution in [-0.4, -0.2) is 26.4 Å². The van der Waals surface area contributed by atoms with Crippen molar-refractivity contribution >= 4 is 17.7 Å². The lowest BCUT2D eigenvalue weighted by atomic mass is 9.84. The topological polar surface area (TPSA) is 59.8 Å². The van der Waals surface area contributed by atoms with Gasteiger partial charge in [-0.15, -0.1) is 10.2 Å². The SMILES string of the molecule is CC(C)CSc1nnc(CNC(=O)[C@@H](c2ccccc2)C2CCCC2)n1C. The van der Waals surface area contributed by atoms with E-state index in [2.05, 4.69) is 41.5 Å². The van der Waals surface area contributed by atoms with Gasteiger partial charge in [0.05, 0.1) is 12.5 Å². The van der Waals surface area contributed by atoms with Crippen LogP contribution < -0.4 is 5.32 Å². The normalized spacial score (nSPS) is 16.0. The number of hydrogen-bond donors (Lipinski definition) is 1. The van der Waals surface area contributed by atoms with Crippen molar-refractivity contribution in [2.45, 2.75) is 57.1 Å². The Labute approximate surface area is 166 Å². The zero-order valence-electron chi connectivity index (χ0n) is 16.5. The number of carbonyl (C=O) groups excluding carboxylic acids is 1. The van der Waals surface area contributed by atoms with Gasteiger partial charge in [0.15, 0.2) is 11.0 Å². The van der Waals surface area contributed by atoms with Gasteiger partial charge in [-0.1, -0.05) is 68.8 Å². The Balaban J connectivity index is 1.66. The summed E-state index contributed by atoms with van der Waals surface area (Å²) in [5.41, 5.74) is 1.12. The van der Waals surface area contributed by atoms with Crippen LogP contribution in [0.2, 0.25) is 0 Å². The molecule has 1 aliphatic rings. The third-order valence-electron chi connectivity index (χ3n) is 5.20. The van der Waals surface area contributed by atoms with E-state index in [1.54, 1.807) is 11.8 Å². The zero-order chi connectivity index (χ0) is 19.2. The first-order chi connectivity index (χ1) is 13.1. The van der Waals surface area contributed by atoms with E-state index in [1.165, 1.54) is 12.8 Å². The van der Waals surface area contributed by atoms with E-state index in [4.69, 9.17) is 0 Å². The maximum Gasteiger partial charge on any atom is 0.228 e. The summed E-state index contributed by atoms with van der Waals surface area (Å²) in [7, 11) is 1.97. The molecule has 27 heavy (non-hydrogen) atoms. The van der Waals surface area contributed by atoms with Gasteiger partial charge in [0.25, 0.3) is 0 Å². The third-order valence-corrected chi connectivity index (χ3v) is 6.65. The van der Waals surface area contributed by atoms with Crippen LogP contribution >= 0.6 is 11.8 Å². The largest absolute Gasteiger partial charge is 0.348 e. The van der Waals surface area contributed by atoms with Crippen LogP contribution in [0.25, 0.3) is 0 Å². The summed E-state index contributed by atoms with van der Waals surface area (Å²) in [5.74, 6) is 2.88. The van der Waals surface area contributed by atoms with E-state index >= 15 is 0 Å². The Hall–Kier alpha value is -1.82. The number of rotatable bonds is 8. The molecule has 1 amide bonds. The molecule has 1 fully saturated rings. The van der Waals surface area contributed by atoms with Crippen LogP contribution in [0.1, 0.15) is 56.8 Å². The number of nitrogens with zero attached hydrogens (tertiary/aromatic N) is 3. The fourth-order valence-electron chi connectivity index (χ4n) is 3.73. The molecule has 5 nitrogen and oxygen atoms in total. The molecule has 1 atom stereocenters. The number of nitrogens with one attached hydrogen (secondary N) is 1. The van der Waals surface area contributed by atoms with E-state index in [0.717, 1.165) is 35.1 Å². The highest BCUT2D eigenvalue weighted by atomic mass is 32.2. The number of thioether (sulfide) groups is 1. The highest BCUT2D eigenvalue weighted by Crippen LogP contribution is 2.37. The number of aromatic nitrogens is 3. The lowest BCUT2D eigenvalue weighted by molar-refractivity contribution is -0.124. The number of carbonyl (C=O) groups is 1. The first kappa shape index (κ1) is 19.9. The molecule has 0 radical (unpaired) electrons. The summed E-state index contributed by atoms with van der Waals surface area (Å²) in [6.07, 6.45) is 4.71. The summed E-state index contributed by atoms with van der Waals surface area (Å²) < 4.78 is 1.99. The van der Waals surface area contributed by atoms with Gasteiger partial charge in [-0.2, -0.15) is 0 Å². The Morgan fingerprint density at radius 2 is 1.93 bits per heavy atom. The second-order valence-corrected chi connectivity index (χ2v) is 8.80. The molecule has 1 aromatic carbocycles. The van der Waals surface area contributed by atoms with E-state index in [-0.39, 0.29) is 11.8 Å². The van der Waals surface area contributed by atoms with Crippen molar-refractivity contribution in [2.75, 3.05) is 5.75 Å². The smallest absolute Gasteiger partial charge is 0.228 e. The molecule has 1 heterocycles. The van der Waals surface area contributed by atoms with Crippen molar-refractivity contribution < 1.29 is 4.79 Å². The Bertz CT molecular complexity index is 738. The van der Waals surface area contributed by atoms with E-state index in [0.29, 0.717) is 18.4 Å². The van der Waals surface area contributed by atoms with Gasteiger partial charge in [-0.25, -0.2) is 0 Å². The Morgan fingerprint density at radius 3 is 2.59 bits per heavy atom. The van der Waals surface area contributed by atoms with Crippen molar-refractivity contribution in [3.05, 3.63) is 41.7 Å². The zero-order valence-corrected chi connectivity index (χ0v) is 17.3. The molecule has 0 unspecified atom stereocenters. The van der Waals surface area contributed by atoms with Gasteiger partial charge in [-0.05, 0) is 30.2 Å². The fourth-order valence-corrected chi connectivity index (χ4v) is 4.61. The van der Waals surface area contributed by atoms with Gasteiger partial charge in [0.1, 0.15) is 0 Å². The minimum absolute atomic E-state index is 0.0725. The molecule has 0 saturated heterocycles. The highest BCUT2D eigenvalue weighted by Gasteiger charge is 2.31. The molecule has 1 saturated carbocycles. The number of benzene rings is 1. The average Bonchev–Trinajstić information content (AvgIpc) is 3.30. The molecular weight excluding hydrogens is 356 g/mol. The molecule has 0 aliphatic heterocycles. The van der Waals surface area contributed by atoms with Crippen LogP contribution in [0.15, 0.2) is 35.5 Å². The summed E-state index contributed by atoms with van der Waals surface area (Å²) in [5, 5.41) is 12.6. The van der Waals surface area contributed by atoms with Crippen molar-refractivity contribution in [3.63, 3.8) is 0 Å². The van der Waals surface area contributed by atoms with Gasteiger partial charge >= 0.3 is 0 Å².